The normalized spacial score (nSPS) is 18.4. The maximum absolute atomic E-state index is 5.84. The van der Waals surface area contributed by atoms with E-state index < -0.39 is 0 Å². The fraction of sp³-hybridized carbons (Fsp3) is 0.542. The fourth-order valence-corrected chi connectivity index (χ4v) is 3.64. The summed E-state index contributed by atoms with van der Waals surface area (Å²) in [6, 6.07) is 12.9. The molecular weight excluding hydrogens is 362 g/mol. The van der Waals surface area contributed by atoms with Crippen LogP contribution in [0.5, 0.6) is 5.75 Å². The van der Waals surface area contributed by atoms with Crippen LogP contribution in [0.1, 0.15) is 44.6 Å². The van der Waals surface area contributed by atoms with Crippen LogP contribution < -0.4 is 15.0 Å². The molecule has 0 radical (unpaired) electrons. The molecule has 3 heterocycles. The summed E-state index contributed by atoms with van der Waals surface area (Å²) in [5.74, 6) is 0.896. The van der Waals surface area contributed by atoms with Gasteiger partial charge in [0.25, 0.3) is 0 Å². The predicted molar refractivity (Wildman–Crippen MR) is 119 cm³/mol. The van der Waals surface area contributed by atoms with Gasteiger partial charge < -0.3 is 19.7 Å². The minimum absolute atomic E-state index is 0.514. The van der Waals surface area contributed by atoms with Crippen molar-refractivity contribution >= 4 is 5.69 Å². The average Bonchev–Trinajstić information content (AvgIpc) is 3.48. The highest BCUT2D eigenvalue weighted by Gasteiger charge is 2.16. The third-order valence-electron chi connectivity index (χ3n) is 5.24. The van der Waals surface area contributed by atoms with Crippen molar-refractivity contribution in [3.8, 4) is 5.75 Å². The highest BCUT2D eigenvalue weighted by Crippen LogP contribution is 2.23. The van der Waals surface area contributed by atoms with Gasteiger partial charge in [0.15, 0.2) is 0 Å². The Kier molecular flexibility index (Phi) is 9.27. The first-order valence-corrected chi connectivity index (χ1v) is 11.0. The van der Waals surface area contributed by atoms with Crippen LogP contribution >= 0.6 is 0 Å². The Bertz CT molecular complexity index is 684. The van der Waals surface area contributed by atoms with E-state index in [4.69, 9.17) is 9.47 Å². The van der Waals surface area contributed by atoms with Gasteiger partial charge in [-0.25, -0.2) is 0 Å². The molecule has 1 unspecified atom stereocenters. The van der Waals surface area contributed by atoms with E-state index in [1.807, 2.05) is 30.6 Å². The summed E-state index contributed by atoms with van der Waals surface area (Å²) in [4.78, 5) is 6.67. The summed E-state index contributed by atoms with van der Waals surface area (Å²) >= 11 is 0. The van der Waals surface area contributed by atoms with Crippen molar-refractivity contribution in [1.29, 1.82) is 0 Å². The van der Waals surface area contributed by atoms with Crippen LogP contribution in [0.4, 0.5) is 5.69 Å². The third-order valence-corrected chi connectivity index (χ3v) is 5.24. The van der Waals surface area contributed by atoms with E-state index in [-0.39, 0.29) is 0 Å². The number of pyridine rings is 1. The van der Waals surface area contributed by atoms with E-state index in [1.165, 1.54) is 36.9 Å². The number of hydrogen-bond donors (Lipinski definition) is 1. The fourth-order valence-electron chi connectivity index (χ4n) is 3.64. The van der Waals surface area contributed by atoms with Gasteiger partial charge in [-0.15, -0.1) is 0 Å². The SMILES string of the molecule is CCCOCc1ccccc1.c1ncc(N2CCCC2)cc1OCC1CCCN1. The molecule has 2 aliphatic heterocycles. The average molecular weight is 398 g/mol. The van der Waals surface area contributed by atoms with E-state index in [2.05, 4.69) is 40.3 Å². The van der Waals surface area contributed by atoms with Crippen molar-refractivity contribution in [3.63, 3.8) is 0 Å². The molecule has 5 heteroatoms. The smallest absolute Gasteiger partial charge is 0.139 e. The molecular formula is C24H35N3O2. The van der Waals surface area contributed by atoms with E-state index in [1.54, 1.807) is 0 Å². The second-order valence-corrected chi connectivity index (χ2v) is 7.72. The molecule has 29 heavy (non-hydrogen) atoms. The van der Waals surface area contributed by atoms with Gasteiger partial charge in [-0.3, -0.25) is 4.98 Å². The van der Waals surface area contributed by atoms with Crippen molar-refractivity contribution in [1.82, 2.24) is 10.3 Å². The van der Waals surface area contributed by atoms with E-state index in [9.17, 15) is 0 Å². The lowest BCUT2D eigenvalue weighted by atomic mass is 10.2. The summed E-state index contributed by atoms with van der Waals surface area (Å²) in [6.07, 6.45) is 9.90. The zero-order valence-electron chi connectivity index (χ0n) is 17.7. The highest BCUT2D eigenvalue weighted by atomic mass is 16.5. The number of aromatic nitrogens is 1. The molecule has 2 saturated heterocycles. The molecule has 4 rings (SSSR count). The van der Waals surface area contributed by atoms with Crippen LogP contribution in [-0.4, -0.2) is 43.9 Å². The molecule has 0 spiro atoms. The minimum Gasteiger partial charge on any atom is -0.490 e. The van der Waals surface area contributed by atoms with Gasteiger partial charge in [0.1, 0.15) is 12.4 Å². The first-order valence-electron chi connectivity index (χ1n) is 11.0. The molecule has 2 aliphatic rings. The van der Waals surface area contributed by atoms with Crippen molar-refractivity contribution in [3.05, 3.63) is 54.4 Å². The Hall–Kier alpha value is -2.11. The summed E-state index contributed by atoms with van der Waals surface area (Å²) in [5.41, 5.74) is 2.45. The zero-order valence-corrected chi connectivity index (χ0v) is 17.7. The number of rotatable bonds is 8. The molecule has 2 aromatic rings. The van der Waals surface area contributed by atoms with Crippen molar-refractivity contribution < 1.29 is 9.47 Å². The Morgan fingerprint density at radius 3 is 2.66 bits per heavy atom. The van der Waals surface area contributed by atoms with Gasteiger partial charge in [-0.2, -0.15) is 0 Å². The van der Waals surface area contributed by atoms with Crippen LogP contribution in [0.2, 0.25) is 0 Å². The van der Waals surface area contributed by atoms with Crippen molar-refractivity contribution in [2.45, 2.75) is 51.7 Å². The number of nitrogens with zero attached hydrogens (tertiary/aromatic N) is 2. The lowest BCUT2D eigenvalue weighted by Gasteiger charge is -2.18. The largest absolute Gasteiger partial charge is 0.490 e. The van der Waals surface area contributed by atoms with Crippen LogP contribution in [-0.2, 0) is 11.3 Å². The van der Waals surface area contributed by atoms with Crippen molar-refractivity contribution in [2.75, 3.05) is 37.7 Å². The molecule has 1 aromatic carbocycles. The number of nitrogens with one attached hydrogen (secondary N) is 1. The molecule has 0 bridgehead atoms. The Morgan fingerprint density at radius 1 is 1.10 bits per heavy atom. The second-order valence-electron chi connectivity index (χ2n) is 7.72. The maximum Gasteiger partial charge on any atom is 0.139 e. The predicted octanol–water partition coefficient (Wildman–Crippen LogP) is 4.43. The number of ether oxygens (including phenoxy) is 2. The molecule has 2 fully saturated rings. The molecule has 1 aromatic heterocycles. The number of hydrogen-bond acceptors (Lipinski definition) is 5. The van der Waals surface area contributed by atoms with Gasteiger partial charge in [-0.1, -0.05) is 37.3 Å². The standard InChI is InChI=1S/C14H21N3O.C10H14O/c1-2-7-17(6-1)13-8-14(10-15-9-13)18-11-12-4-3-5-16-12;1-2-8-11-9-10-6-4-3-5-7-10/h8-10,12,16H,1-7,11H2;3-7H,2,8-9H2,1H3. The first-order chi connectivity index (χ1) is 14.3. The van der Waals surface area contributed by atoms with Crippen LogP contribution in [0.3, 0.4) is 0 Å². The van der Waals surface area contributed by atoms with Crippen LogP contribution in [0.25, 0.3) is 0 Å². The van der Waals surface area contributed by atoms with Gasteiger partial charge in [0.05, 0.1) is 24.7 Å². The van der Waals surface area contributed by atoms with Gasteiger partial charge in [0.2, 0.25) is 0 Å². The molecule has 5 nitrogen and oxygen atoms in total. The van der Waals surface area contributed by atoms with E-state index >= 15 is 0 Å². The van der Waals surface area contributed by atoms with Crippen molar-refractivity contribution in [2.24, 2.45) is 0 Å². The lowest BCUT2D eigenvalue weighted by Crippen LogP contribution is -2.28. The van der Waals surface area contributed by atoms with Gasteiger partial charge in [-0.05, 0) is 44.2 Å². The Balaban J connectivity index is 0.000000188. The Labute approximate surface area is 175 Å². The molecule has 158 valence electrons. The monoisotopic (exact) mass is 397 g/mol. The topological polar surface area (TPSA) is 46.6 Å². The van der Waals surface area contributed by atoms with Gasteiger partial charge >= 0.3 is 0 Å². The van der Waals surface area contributed by atoms with E-state index in [0.29, 0.717) is 6.04 Å². The first kappa shape index (κ1) is 21.6. The summed E-state index contributed by atoms with van der Waals surface area (Å²) in [5, 5.41) is 3.44. The Morgan fingerprint density at radius 2 is 1.93 bits per heavy atom. The number of benzene rings is 1. The molecule has 1 atom stereocenters. The molecule has 0 saturated carbocycles. The summed E-state index contributed by atoms with van der Waals surface area (Å²) in [6.45, 7) is 7.89. The van der Waals surface area contributed by atoms with Crippen LogP contribution in [0, 0.1) is 0 Å². The molecule has 0 amide bonds. The van der Waals surface area contributed by atoms with Crippen LogP contribution in [0.15, 0.2) is 48.8 Å². The molecule has 0 aliphatic carbocycles. The zero-order chi connectivity index (χ0) is 20.2. The van der Waals surface area contributed by atoms with E-state index in [0.717, 1.165) is 51.6 Å². The minimum atomic E-state index is 0.514. The second kappa shape index (κ2) is 12.5. The molecule has 1 N–H and O–H groups in total. The third kappa shape index (κ3) is 7.67. The lowest BCUT2D eigenvalue weighted by molar-refractivity contribution is 0.121. The highest BCUT2D eigenvalue weighted by molar-refractivity contribution is 5.48. The quantitative estimate of drug-likeness (QED) is 0.668. The van der Waals surface area contributed by atoms with Gasteiger partial charge in [0, 0.05) is 31.8 Å². The summed E-state index contributed by atoms with van der Waals surface area (Å²) < 4.78 is 11.2. The summed E-state index contributed by atoms with van der Waals surface area (Å²) in [7, 11) is 0. The number of anilines is 1. The maximum atomic E-state index is 5.84.